The number of nitrogens with zero attached hydrogens (tertiary/aromatic N) is 1. The van der Waals surface area contributed by atoms with Gasteiger partial charge in [0.05, 0.1) is 11.5 Å². The highest BCUT2D eigenvalue weighted by atomic mass is 32.2. The van der Waals surface area contributed by atoms with Crippen molar-refractivity contribution in [3.63, 3.8) is 0 Å². The summed E-state index contributed by atoms with van der Waals surface area (Å²) in [7, 11) is -4.10. The maximum Gasteiger partial charge on any atom is 0.252 e. The Morgan fingerprint density at radius 3 is 2.46 bits per heavy atom. The topological polar surface area (TPSA) is 97.9 Å². The molecule has 8 nitrogen and oxygen atoms in total. The number of aromatic nitrogens is 1. The Hall–Kier alpha value is -3.89. The number of hydrogen-bond acceptors (Lipinski definition) is 6. The number of aromatic amines is 1. The van der Waals surface area contributed by atoms with Gasteiger partial charge < -0.3 is 19.2 Å². The van der Waals surface area contributed by atoms with Crippen LogP contribution < -0.4 is 19.8 Å². The van der Waals surface area contributed by atoms with Gasteiger partial charge >= 0.3 is 0 Å². The first-order chi connectivity index (χ1) is 17.8. The SMILES string of the molecule is CCOc1ccc2[nH]c(=O)c(CN(Cc3ccc(F)cc3)S(=O)(=O)c3ccc4c(c3)OCCO4)cc2c1. The Bertz CT molecular complexity index is 1600. The molecule has 0 spiro atoms. The van der Waals surface area contributed by atoms with Crippen LogP contribution in [0.2, 0.25) is 0 Å². The predicted octanol–water partition coefficient (Wildman–Crippen LogP) is 4.23. The number of H-pyrrole nitrogens is 1. The molecule has 1 aliphatic rings. The van der Waals surface area contributed by atoms with Gasteiger partial charge in [0.2, 0.25) is 10.0 Å². The van der Waals surface area contributed by atoms with Gasteiger partial charge in [0.15, 0.2) is 11.5 Å². The number of pyridine rings is 1. The van der Waals surface area contributed by atoms with Crippen LogP contribution in [0.1, 0.15) is 18.1 Å². The molecule has 4 aromatic rings. The minimum atomic E-state index is -4.10. The second-order valence-electron chi connectivity index (χ2n) is 8.51. The fourth-order valence-corrected chi connectivity index (χ4v) is 5.57. The first-order valence-electron chi connectivity index (χ1n) is 11.8. The molecule has 37 heavy (non-hydrogen) atoms. The lowest BCUT2D eigenvalue weighted by Crippen LogP contribution is -2.32. The van der Waals surface area contributed by atoms with E-state index in [4.69, 9.17) is 14.2 Å². The van der Waals surface area contributed by atoms with Crippen molar-refractivity contribution in [3.8, 4) is 17.2 Å². The second kappa shape index (κ2) is 10.2. The summed E-state index contributed by atoms with van der Waals surface area (Å²) in [5.41, 5.74) is 1.03. The Labute approximate surface area is 213 Å². The van der Waals surface area contributed by atoms with Crippen LogP contribution >= 0.6 is 0 Å². The predicted molar refractivity (Wildman–Crippen MR) is 136 cm³/mol. The summed E-state index contributed by atoms with van der Waals surface area (Å²) < 4.78 is 59.0. The van der Waals surface area contributed by atoms with E-state index in [1.54, 1.807) is 30.3 Å². The summed E-state index contributed by atoms with van der Waals surface area (Å²) in [5.74, 6) is 1.01. The minimum absolute atomic E-state index is 0.00490. The summed E-state index contributed by atoms with van der Waals surface area (Å²) in [5, 5.41) is 0.707. The summed E-state index contributed by atoms with van der Waals surface area (Å²) in [6.07, 6.45) is 0. The molecule has 0 fully saturated rings. The number of ether oxygens (including phenoxy) is 3. The summed E-state index contributed by atoms with van der Waals surface area (Å²) >= 11 is 0. The third-order valence-electron chi connectivity index (χ3n) is 5.97. The molecule has 0 atom stereocenters. The largest absolute Gasteiger partial charge is 0.494 e. The Balaban J connectivity index is 1.55. The lowest BCUT2D eigenvalue weighted by atomic mass is 10.1. The van der Waals surface area contributed by atoms with E-state index >= 15 is 0 Å². The highest BCUT2D eigenvalue weighted by Crippen LogP contribution is 2.34. The average Bonchev–Trinajstić information content (AvgIpc) is 2.90. The van der Waals surface area contributed by atoms with Gasteiger partial charge in [-0.2, -0.15) is 4.31 Å². The van der Waals surface area contributed by atoms with Crippen molar-refractivity contribution >= 4 is 20.9 Å². The van der Waals surface area contributed by atoms with Gasteiger partial charge in [-0.25, -0.2) is 12.8 Å². The van der Waals surface area contributed by atoms with E-state index in [1.807, 2.05) is 6.92 Å². The van der Waals surface area contributed by atoms with Crippen LogP contribution in [0.25, 0.3) is 10.9 Å². The monoisotopic (exact) mass is 524 g/mol. The average molecular weight is 525 g/mol. The van der Waals surface area contributed by atoms with E-state index in [0.717, 1.165) is 0 Å². The van der Waals surface area contributed by atoms with Gasteiger partial charge in [-0.15, -0.1) is 0 Å². The maximum absolute atomic E-state index is 13.8. The maximum atomic E-state index is 13.8. The molecule has 5 rings (SSSR count). The van der Waals surface area contributed by atoms with E-state index < -0.39 is 21.4 Å². The number of hydrogen-bond donors (Lipinski definition) is 1. The van der Waals surface area contributed by atoms with Crippen LogP contribution in [0.5, 0.6) is 17.2 Å². The van der Waals surface area contributed by atoms with Gasteiger partial charge in [0.1, 0.15) is 24.8 Å². The number of rotatable bonds is 8. The normalized spacial score (nSPS) is 13.2. The molecule has 1 N–H and O–H groups in total. The Morgan fingerprint density at radius 2 is 1.70 bits per heavy atom. The standard InChI is InChI=1S/C27H25FN2O6S/c1-2-34-22-7-9-24-19(14-22)13-20(27(31)29-24)17-30(16-18-3-5-21(28)6-4-18)37(32,33)23-8-10-25-26(15-23)36-12-11-35-25/h3-10,13-15H,2,11-12,16-17H2,1H3,(H,29,31). The highest BCUT2D eigenvalue weighted by molar-refractivity contribution is 7.89. The van der Waals surface area contributed by atoms with Crippen molar-refractivity contribution < 1.29 is 27.0 Å². The highest BCUT2D eigenvalue weighted by Gasteiger charge is 2.28. The molecular weight excluding hydrogens is 499 g/mol. The smallest absolute Gasteiger partial charge is 0.252 e. The summed E-state index contributed by atoms with van der Waals surface area (Å²) in [6, 6.07) is 16.9. The number of halogens is 1. The minimum Gasteiger partial charge on any atom is -0.494 e. The van der Waals surface area contributed by atoms with E-state index in [-0.39, 0.29) is 23.5 Å². The lowest BCUT2D eigenvalue weighted by Gasteiger charge is -2.24. The third kappa shape index (κ3) is 5.30. The molecule has 1 aliphatic heterocycles. The van der Waals surface area contributed by atoms with Crippen LogP contribution in [0.3, 0.4) is 0 Å². The number of nitrogens with one attached hydrogen (secondary N) is 1. The number of benzene rings is 3. The molecule has 0 saturated carbocycles. The molecule has 0 bridgehead atoms. The molecule has 0 aliphatic carbocycles. The number of fused-ring (bicyclic) bond motifs is 2. The lowest BCUT2D eigenvalue weighted by molar-refractivity contribution is 0.171. The van der Waals surface area contributed by atoms with E-state index in [9.17, 15) is 17.6 Å². The van der Waals surface area contributed by atoms with E-state index in [1.165, 1.54) is 40.7 Å². The van der Waals surface area contributed by atoms with Gasteiger partial charge in [0, 0.05) is 35.6 Å². The van der Waals surface area contributed by atoms with Gasteiger partial charge in [-0.05, 0) is 61.0 Å². The molecule has 0 amide bonds. The van der Waals surface area contributed by atoms with Gasteiger partial charge in [0.25, 0.3) is 5.56 Å². The van der Waals surface area contributed by atoms with Crippen LogP contribution in [0.4, 0.5) is 4.39 Å². The summed E-state index contributed by atoms with van der Waals surface area (Å²) in [4.78, 5) is 15.7. The fraction of sp³-hybridized carbons (Fsp3) is 0.222. The zero-order chi connectivity index (χ0) is 26.0. The molecule has 192 valence electrons. The van der Waals surface area contributed by atoms with Gasteiger partial charge in [-0.3, -0.25) is 4.79 Å². The second-order valence-corrected chi connectivity index (χ2v) is 10.4. The Kier molecular flexibility index (Phi) is 6.86. The quantitative estimate of drug-likeness (QED) is 0.371. The van der Waals surface area contributed by atoms with Crippen molar-refractivity contribution in [2.45, 2.75) is 24.9 Å². The third-order valence-corrected chi connectivity index (χ3v) is 7.76. The first-order valence-corrected chi connectivity index (χ1v) is 13.2. The molecule has 0 radical (unpaired) electrons. The molecule has 0 saturated heterocycles. The van der Waals surface area contributed by atoms with Crippen LogP contribution in [0.15, 0.2) is 76.4 Å². The van der Waals surface area contributed by atoms with Gasteiger partial charge in [-0.1, -0.05) is 12.1 Å². The molecule has 1 aromatic heterocycles. The van der Waals surface area contributed by atoms with Crippen molar-refractivity contribution in [1.82, 2.24) is 9.29 Å². The van der Waals surface area contributed by atoms with Crippen molar-refractivity contribution in [2.24, 2.45) is 0 Å². The fourth-order valence-electron chi connectivity index (χ4n) is 4.15. The van der Waals surface area contributed by atoms with Crippen molar-refractivity contribution in [2.75, 3.05) is 19.8 Å². The molecule has 2 heterocycles. The molecule has 0 unspecified atom stereocenters. The Morgan fingerprint density at radius 1 is 0.946 bits per heavy atom. The molecular formula is C27H25FN2O6S. The summed E-state index contributed by atoms with van der Waals surface area (Å²) in [6.45, 7) is 2.77. The molecule has 3 aromatic carbocycles. The van der Waals surface area contributed by atoms with E-state index in [0.29, 0.717) is 53.5 Å². The van der Waals surface area contributed by atoms with Crippen LogP contribution in [0, 0.1) is 5.82 Å². The van der Waals surface area contributed by atoms with Crippen LogP contribution in [-0.4, -0.2) is 37.5 Å². The van der Waals surface area contributed by atoms with Crippen molar-refractivity contribution in [3.05, 3.63) is 94.0 Å². The number of sulfonamides is 1. The van der Waals surface area contributed by atoms with Crippen molar-refractivity contribution in [1.29, 1.82) is 0 Å². The zero-order valence-corrected chi connectivity index (χ0v) is 20.9. The zero-order valence-electron chi connectivity index (χ0n) is 20.1. The first kappa shape index (κ1) is 24.8. The van der Waals surface area contributed by atoms with E-state index in [2.05, 4.69) is 4.98 Å². The van der Waals surface area contributed by atoms with Crippen LogP contribution in [-0.2, 0) is 23.1 Å². The molecule has 10 heteroatoms.